The molecule has 0 saturated carbocycles. The van der Waals surface area contributed by atoms with E-state index in [4.69, 9.17) is 16.7 Å². The SMILES string of the molecule is Cc1ccc(Cl)cc1S(=O)(=O)N1C[C@H](O)C[C@@H]1C(=O)O. The summed E-state index contributed by atoms with van der Waals surface area (Å²) in [5.74, 6) is -1.27. The number of sulfonamides is 1. The van der Waals surface area contributed by atoms with Crippen LogP contribution in [0.1, 0.15) is 12.0 Å². The van der Waals surface area contributed by atoms with Crippen LogP contribution in [-0.2, 0) is 14.8 Å². The fourth-order valence-electron chi connectivity index (χ4n) is 2.25. The molecule has 1 fully saturated rings. The molecule has 2 atom stereocenters. The molecule has 20 heavy (non-hydrogen) atoms. The number of nitrogens with zero attached hydrogens (tertiary/aromatic N) is 1. The molecule has 0 spiro atoms. The van der Waals surface area contributed by atoms with Gasteiger partial charge in [0.2, 0.25) is 10.0 Å². The van der Waals surface area contributed by atoms with E-state index in [9.17, 15) is 18.3 Å². The molecule has 6 nitrogen and oxygen atoms in total. The van der Waals surface area contributed by atoms with Gasteiger partial charge in [-0.1, -0.05) is 17.7 Å². The average molecular weight is 320 g/mol. The highest BCUT2D eigenvalue weighted by Crippen LogP contribution is 2.29. The summed E-state index contributed by atoms with van der Waals surface area (Å²) in [6.07, 6.45) is -1.10. The fraction of sp³-hybridized carbons (Fsp3) is 0.417. The highest BCUT2D eigenvalue weighted by molar-refractivity contribution is 7.89. The summed E-state index contributed by atoms with van der Waals surface area (Å²) in [7, 11) is -4.01. The molecule has 0 aromatic heterocycles. The van der Waals surface area contributed by atoms with Gasteiger partial charge in [-0.2, -0.15) is 4.31 Å². The molecule has 1 heterocycles. The monoisotopic (exact) mass is 319 g/mol. The van der Waals surface area contributed by atoms with Crippen molar-refractivity contribution >= 4 is 27.6 Å². The normalized spacial score (nSPS) is 23.9. The zero-order chi connectivity index (χ0) is 15.1. The number of rotatable bonds is 3. The molecule has 0 radical (unpaired) electrons. The van der Waals surface area contributed by atoms with E-state index in [2.05, 4.69) is 0 Å². The minimum atomic E-state index is -4.01. The maximum absolute atomic E-state index is 12.6. The number of hydrogen-bond donors (Lipinski definition) is 2. The standard InChI is InChI=1S/C12H14ClNO5S/c1-7-2-3-8(13)4-11(7)20(18,19)14-6-9(15)5-10(14)12(16)17/h2-4,9-10,15H,5-6H2,1H3,(H,16,17)/t9-,10-/m1/s1. The first kappa shape index (κ1) is 15.2. The third kappa shape index (κ3) is 2.67. The van der Waals surface area contributed by atoms with Gasteiger partial charge in [0, 0.05) is 18.0 Å². The quantitative estimate of drug-likeness (QED) is 0.861. The number of halogens is 1. The van der Waals surface area contributed by atoms with Crippen molar-refractivity contribution in [2.75, 3.05) is 6.54 Å². The first-order valence-corrected chi connectivity index (χ1v) is 7.74. The molecule has 2 N–H and O–H groups in total. The number of benzene rings is 1. The van der Waals surface area contributed by atoms with Gasteiger partial charge in [0.05, 0.1) is 11.0 Å². The van der Waals surface area contributed by atoms with Gasteiger partial charge in [-0.05, 0) is 24.6 Å². The summed E-state index contributed by atoms with van der Waals surface area (Å²) in [6.45, 7) is 1.37. The van der Waals surface area contributed by atoms with Crippen LogP contribution in [0.25, 0.3) is 0 Å². The third-order valence-corrected chi connectivity index (χ3v) is 5.51. The van der Waals surface area contributed by atoms with Gasteiger partial charge in [0.1, 0.15) is 6.04 Å². The number of hydrogen-bond acceptors (Lipinski definition) is 4. The van der Waals surface area contributed by atoms with Gasteiger partial charge in [0.25, 0.3) is 0 Å². The number of β-amino-alcohol motifs (C(OH)–C–C–N with tert-alkyl or cyclic N) is 1. The van der Waals surface area contributed by atoms with Crippen LogP contribution < -0.4 is 0 Å². The summed E-state index contributed by atoms with van der Waals surface area (Å²) in [5.41, 5.74) is 0.472. The topological polar surface area (TPSA) is 94.9 Å². The Morgan fingerprint density at radius 3 is 2.70 bits per heavy atom. The third-order valence-electron chi connectivity index (χ3n) is 3.26. The molecule has 1 aliphatic heterocycles. The van der Waals surface area contributed by atoms with Crippen LogP contribution in [0.4, 0.5) is 0 Å². The van der Waals surface area contributed by atoms with E-state index in [0.29, 0.717) is 5.56 Å². The maximum Gasteiger partial charge on any atom is 0.322 e. The lowest BCUT2D eigenvalue weighted by Gasteiger charge is -2.21. The van der Waals surface area contributed by atoms with Gasteiger partial charge >= 0.3 is 5.97 Å². The molecule has 110 valence electrons. The highest BCUT2D eigenvalue weighted by atomic mass is 35.5. The first-order valence-electron chi connectivity index (χ1n) is 5.92. The summed E-state index contributed by atoms with van der Waals surface area (Å²) in [6, 6.07) is 3.14. The molecule has 2 rings (SSSR count). The van der Waals surface area contributed by atoms with Crippen LogP contribution in [0.3, 0.4) is 0 Å². The van der Waals surface area contributed by atoms with E-state index in [1.54, 1.807) is 19.1 Å². The number of carboxylic acid groups (broad SMARTS) is 1. The first-order chi connectivity index (χ1) is 9.23. The zero-order valence-electron chi connectivity index (χ0n) is 10.7. The van der Waals surface area contributed by atoms with E-state index in [1.807, 2.05) is 0 Å². The van der Waals surface area contributed by atoms with Crippen molar-refractivity contribution in [1.29, 1.82) is 0 Å². The lowest BCUT2D eigenvalue weighted by atomic mass is 10.2. The van der Waals surface area contributed by atoms with Crippen molar-refractivity contribution in [1.82, 2.24) is 4.31 Å². The second-order valence-electron chi connectivity index (χ2n) is 4.73. The van der Waals surface area contributed by atoms with Crippen LogP contribution in [0.15, 0.2) is 23.1 Å². The molecular weight excluding hydrogens is 306 g/mol. The van der Waals surface area contributed by atoms with Crippen LogP contribution in [0.2, 0.25) is 5.02 Å². The van der Waals surface area contributed by atoms with Crippen molar-refractivity contribution in [2.24, 2.45) is 0 Å². The molecule has 1 aliphatic rings. The van der Waals surface area contributed by atoms with E-state index in [0.717, 1.165) is 4.31 Å². The van der Waals surface area contributed by atoms with Crippen LogP contribution in [0, 0.1) is 6.92 Å². The van der Waals surface area contributed by atoms with E-state index in [-0.39, 0.29) is 22.9 Å². The van der Waals surface area contributed by atoms with Crippen LogP contribution >= 0.6 is 11.6 Å². The molecule has 1 aromatic carbocycles. The molecule has 1 aromatic rings. The van der Waals surface area contributed by atoms with Gasteiger partial charge < -0.3 is 10.2 Å². The van der Waals surface area contributed by atoms with Gasteiger partial charge in [0.15, 0.2) is 0 Å². The minimum absolute atomic E-state index is 0.0367. The summed E-state index contributed by atoms with van der Waals surface area (Å²) in [4.78, 5) is 11.1. The summed E-state index contributed by atoms with van der Waals surface area (Å²) < 4.78 is 25.9. The number of aliphatic carboxylic acids is 1. The number of aliphatic hydroxyl groups excluding tert-OH is 1. The largest absolute Gasteiger partial charge is 0.480 e. The zero-order valence-corrected chi connectivity index (χ0v) is 12.2. The minimum Gasteiger partial charge on any atom is -0.480 e. The van der Waals surface area contributed by atoms with E-state index < -0.39 is 28.1 Å². The summed E-state index contributed by atoms with van der Waals surface area (Å²) in [5, 5.41) is 18.9. The van der Waals surface area contributed by atoms with Crippen LogP contribution in [-0.4, -0.2) is 47.6 Å². The smallest absolute Gasteiger partial charge is 0.322 e. The molecule has 0 amide bonds. The van der Waals surface area contributed by atoms with Gasteiger partial charge in [-0.25, -0.2) is 8.42 Å². The Kier molecular flexibility index (Phi) is 4.06. The molecule has 1 saturated heterocycles. The molecule has 8 heteroatoms. The second kappa shape index (κ2) is 5.33. The van der Waals surface area contributed by atoms with Crippen molar-refractivity contribution < 1.29 is 23.4 Å². The molecule has 0 unspecified atom stereocenters. The Labute approximate surface area is 121 Å². The lowest BCUT2D eigenvalue weighted by molar-refractivity contribution is -0.140. The number of aryl methyl sites for hydroxylation is 1. The second-order valence-corrected chi connectivity index (χ2v) is 7.02. The number of carboxylic acids is 1. The van der Waals surface area contributed by atoms with E-state index >= 15 is 0 Å². The number of carbonyl (C=O) groups is 1. The Bertz CT molecular complexity index is 645. The Balaban J connectivity index is 2.49. The maximum atomic E-state index is 12.6. The van der Waals surface area contributed by atoms with Crippen molar-refractivity contribution in [3.8, 4) is 0 Å². The Morgan fingerprint density at radius 2 is 2.10 bits per heavy atom. The summed E-state index contributed by atoms with van der Waals surface area (Å²) >= 11 is 5.81. The van der Waals surface area contributed by atoms with Crippen LogP contribution in [0.5, 0.6) is 0 Å². The molecule has 0 aliphatic carbocycles. The lowest BCUT2D eigenvalue weighted by Crippen LogP contribution is -2.40. The average Bonchev–Trinajstić information content (AvgIpc) is 2.75. The predicted molar refractivity (Wildman–Crippen MR) is 72.1 cm³/mol. The van der Waals surface area contributed by atoms with E-state index in [1.165, 1.54) is 6.07 Å². The van der Waals surface area contributed by atoms with Gasteiger partial charge in [-0.3, -0.25) is 4.79 Å². The number of aliphatic hydroxyl groups is 1. The molecule has 0 bridgehead atoms. The Hall–Kier alpha value is -1.15. The Morgan fingerprint density at radius 1 is 1.45 bits per heavy atom. The van der Waals surface area contributed by atoms with Gasteiger partial charge in [-0.15, -0.1) is 0 Å². The van der Waals surface area contributed by atoms with Crippen molar-refractivity contribution in [3.63, 3.8) is 0 Å². The van der Waals surface area contributed by atoms with Crippen molar-refractivity contribution in [2.45, 2.75) is 30.4 Å². The van der Waals surface area contributed by atoms with Crippen molar-refractivity contribution in [3.05, 3.63) is 28.8 Å². The highest BCUT2D eigenvalue weighted by Gasteiger charge is 2.43. The fourth-order valence-corrected chi connectivity index (χ4v) is 4.37. The molecular formula is C12H14ClNO5S. The predicted octanol–water partition coefficient (Wildman–Crippen LogP) is 0.857.